The second kappa shape index (κ2) is 6.70. The maximum absolute atomic E-state index is 4.02. The summed E-state index contributed by atoms with van der Waals surface area (Å²) >= 11 is 0. The first-order chi connectivity index (χ1) is 11.8. The van der Waals surface area contributed by atoms with Crippen molar-refractivity contribution in [1.82, 2.24) is 10.6 Å². The van der Waals surface area contributed by atoms with Crippen molar-refractivity contribution in [1.29, 1.82) is 0 Å². The molecule has 24 heavy (non-hydrogen) atoms. The monoisotopic (exact) mass is 320 g/mol. The molecule has 1 heterocycles. The van der Waals surface area contributed by atoms with Crippen LogP contribution in [0.15, 0.2) is 60.7 Å². The lowest BCUT2D eigenvalue weighted by Gasteiger charge is -2.39. The van der Waals surface area contributed by atoms with Crippen LogP contribution in [0.25, 0.3) is 0 Å². The molecule has 126 valence electrons. The second-order valence-corrected chi connectivity index (χ2v) is 7.52. The van der Waals surface area contributed by atoms with Crippen molar-refractivity contribution in [2.45, 2.75) is 56.8 Å². The van der Waals surface area contributed by atoms with Crippen LogP contribution in [-0.2, 0) is 0 Å². The fraction of sp³-hybridized carbons (Fsp3) is 0.455. The molecule has 2 nitrogen and oxygen atoms in total. The summed E-state index contributed by atoms with van der Waals surface area (Å²) in [6.07, 6.45) is 6.47. The summed E-state index contributed by atoms with van der Waals surface area (Å²) in [5.74, 6) is 0.838. The van der Waals surface area contributed by atoms with Gasteiger partial charge in [0, 0.05) is 0 Å². The van der Waals surface area contributed by atoms with Crippen molar-refractivity contribution in [3.63, 3.8) is 0 Å². The third kappa shape index (κ3) is 3.01. The highest BCUT2D eigenvalue weighted by Gasteiger charge is 2.47. The van der Waals surface area contributed by atoms with Crippen molar-refractivity contribution in [2.24, 2.45) is 5.92 Å². The van der Waals surface area contributed by atoms with E-state index in [1.54, 1.807) is 0 Å². The summed E-state index contributed by atoms with van der Waals surface area (Å²) in [5, 5.41) is 8.05. The first kappa shape index (κ1) is 15.9. The van der Waals surface area contributed by atoms with E-state index in [1.165, 1.54) is 43.2 Å². The largest absolute Gasteiger partial charge is 0.290 e. The van der Waals surface area contributed by atoms with Crippen molar-refractivity contribution >= 4 is 0 Å². The van der Waals surface area contributed by atoms with E-state index in [1.807, 2.05) is 0 Å². The quantitative estimate of drug-likeness (QED) is 0.835. The van der Waals surface area contributed by atoms with Gasteiger partial charge in [0.15, 0.2) is 0 Å². The van der Waals surface area contributed by atoms with Crippen LogP contribution >= 0.6 is 0 Å². The first-order valence-corrected chi connectivity index (χ1v) is 9.45. The molecule has 1 saturated heterocycles. The predicted octanol–water partition coefficient (Wildman–Crippen LogP) is 4.96. The number of benzene rings is 2. The summed E-state index contributed by atoms with van der Waals surface area (Å²) in [7, 11) is 0. The molecule has 0 amide bonds. The van der Waals surface area contributed by atoms with Crippen LogP contribution < -0.4 is 10.6 Å². The summed E-state index contributed by atoms with van der Waals surface area (Å²) in [4.78, 5) is 0. The summed E-state index contributed by atoms with van der Waals surface area (Å²) in [5.41, 5.74) is 2.86. The average molecular weight is 320 g/mol. The third-order valence-corrected chi connectivity index (χ3v) is 5.94. The zero-order valence-electron chi connectivity index (χ0n) is 14.5. The van der Waals surface area contributed by atoms with Crippen LogP contribution in [0.4, 0.5) is 0 Å². The Morgan fingerprint density at radius 1 is 0.875 bits per heavy atom. The standard InChI is InChI=1S/C22H28N2/c1-2-17-10-9-15-22(16-17)23-20(18-11-5-3-6-12-18)21(24-22)19-13-7-4-8-14-19/h3-8,11-14,17,20-21,23-24H,2,9-10,15-16H2,1H3/t17-,20+,21+/m0/s1. The topological polar surface area (TPSA) is 24.1 Å². The Kier molecular flexibility index (Phi) is 4.43. The minimum atomic E-state index is 0.0972. The zero-order valence-corrected chi connectivity index (χ0v) is 14.5. The molecular formula is C22H28N2. The number of nitrogens with one attached hydrogen (secondary N) is 2. The van der Waals surface area contributed by atoms with E-state index in [-0.39, 0.29) is 5.66 Å². The Balaban J connectivity index is 1.68. The molecule has 3 atom stereocenters. The van der Waals surface area contributed by atoms with Gasteiger partial charge < -0.3 is 0 Å². The van der Waals surface area contributed by atoms with E-state index >= 15 is 0 Å². The lowest BCUT2D eigenvalue weighted by atomic mass is 9.80. The third-order valence-electron chi connectivity index (χ3n) is 5.94. The van der Waals surface area contributed by atoms with Gasteiger partial charge >= 0.3 is 0 Å². The molecule has 2 N–H and O–H groups in total. The highest BCUT2D eigenvalue weighted by Crippen LogP contribution is 2.44. The van der Waals surface area contributed by atoms with E-state index in [0.29, 0.717) is 12.1 Å². The highest BCUT2D eigenvalue weighted by molar-refractivity contribution is 5.31. The normalized spacial score (nSPS) is 29.0. The summed E-state index contributed by atoms with van der Waals surface area (Å²) < 4.78 is 0. The van der Waals surface area contributed by atoms with Gasteiger partial charge in [-0.1, -0.05) is 80.4 Å². The van der Waals surface area contributed by atoms with Gasteiger partial charge in [-0.05, 0) is 36.3 Å². The molecule has 0 aromatic heterocycles. The molecule has 0 unspecified atom stereocenters. The fourth-order valence-corrected chi connectivity index (χ4v) is 4.68. The van der Waals surface area contributed by atoms with Gasteiger partial charge in [-0.3, -0.25) is 10.6 Å². The number of rotatable bonds is 3. The van der Waals surface area contributed by atoms with Crippen LogP contribution in [0.3, 0.4) is 0 Å². The Labute approximate surface area is 145 Å². The molecular weight excluding hydrogens is 292 g/mol. The van der Waals surface area contributed by atoms with Gasteiger partial charge in [0.2, 0.25) is 0 Å². The van der Waals surface area contributed by atoms with Crippen LogP contribution in [0.2, 0.25) is 0 Å². The van der Waals surface area contributed by atoms with E-state index in [4.69, 9.17) is 0 Å². The molecule has 2 fully saturated rings. The van der Waals surface area contributed by atoms with E-state index < -0.39 is 0 Å². The van der Waals surface area contributed by atoms with Gasteiger partial charge in [0.05, 0.1) is 17.7 Å². The van der Waals surface area contributed by atoms with Crippen LogP contribution in [0.5, 0.6) is 0 Å². The SMILES string of the molecule is CC[C@H]1CCCC2(C1)N[C@H](c1ccccc1)[C@@H](c1ccccc1)N2. The predicted molar refractivity (Wildman–Crippen MR) is 99.6 cm³/mol. The first-order valence-electron chi connectivity index (χ1n) is 9.45. The fourth-order valence-electron chi connectivity index (χ4n) is 4.68. The van der Waals surface area contributed by atoms with Crippen molar-refractivity contribution in [3.8, 4) is 0 Å². The van der Waals surface area contributed by atoms with E-state index in [2.05, 4.69) is 78.2 Å². The van der Waals surface area contributed by atoms with Gasteiger partial charge in [0.25, 0.3) is 0 Å². The molecule has 1 aliphatic carbocycles. The Morgan fingerprint density at radius 3 is 1.92 bits per heavy atom. The summed E-state index contributed by atoms with van der Waals surface area (Å²) in [6, 6.07) is 22.5. The minimum absolute atomic E-state index is 0.0972. The molecule has 0 bridgehead atoms. The molecule has 1 spiro atoms. The summed E-state index contributed by atoms with van der Waals surface area (Å²) in [6.45, 7) is 2.34. The Bertz CT molecular complexity index is 605. The molecule has 1 aliphatic heterocycles. The molecule has 2 heteroatoms. The van der Waals surface area contributed by atoms with Crippen LogP contribution in [0.1, 0.15) is 62.2 Å². The van der Waals surface area contributed by atoms with E-state index in [9.17, 15) is 0 Å². The minimum Gasteiger partial charge on any atom is -0.290 e. The van der Waals surface area contributed by atoms with Crippen molar-refractivity contribution in [2.75, 3.05) is 0 Å². The molecule has 2 aliphatic rings. The second-order valence-electron chi connectivity index (χ2n) is 7.52. The van der Waals surface area contributed by atoms with Gasteiger partial charge in [-0.2, -0.15) is 0 Å². The lowest BCUT2D eigenvalue weighted by molar-refractivity contribution is 0.167. The highest BCUT2D eigenvalue weighted by atomic mass is 15.3. The van der Waals surface area contributed by atoms with E-state index in [0.717, 1.165) is 5.92 Å². The Hall–Kier alpha value is -1.64. The molecule has 1 saturated carbocycles. The number of hydrogen-bond donors (Lipinski definition) is 2. The molecule has 2 aromatic rings. The maximum atomic E-state index is 4.02. The van der Waals surface area contributed by atoms with Crippen LogP contribution in [-0.4, -0.2) is 5.66 Å². The molecule has 2 aromatic carbocycles. The van der Waals surface area contributed by atoms with Gasteiger partial charge in [-0.25, -0.2) is 0 Å². The Morgan fingerprint density at radius 2 is 1.42 bits per heavy atom. The lowest BCUT2D eigenvalue weighted by Crippen LogP contribution is -2.52. The zero-order chi connectivity index (χ0) is 16.4. The maximum Gasteiger partial charge on any atom is 0.0700 e. The number of hydrogen-bond acceptors (Lipinski definition) is 2. The average Bonchev–Trinajstić information content (AvgIpc) is 3.02. The van der Waals surface area contributed by atoms with Gasteiger partial charge in [0.1, 0.15) is 0 Å². The van der Waals surface area contributed by atoms with Crippen LogP contribution in [0, 0.1) is 5.92 Å². The van der Waals surface area contributed by atoms with Crippen molar-refractivity contribution < 1.29 is 0 Å². The molecule has 0 radical (unpaired) electrons. The van der Waals surface area contributed by atoms with Gasteiger partial charge in [-0.15, -0.1) is 0 Å². The smallest absolute Gasteiger partial charge is 0.0700 e. The molecule has 4 rings (SSSR count). The van der Waals surface area contributed by atoms with Crippen molar-refractivity contribution in [3.05, 3.63) is 71.8 Å².